The van der Waals surface area contributed by atoms with E-state index in [0.717, 1.165) is 70.6 Å². The van der Waals surface area contributed by atoms with Crippen LogP contribution in [0.15, 0.2) is 36.5 Å². The van der Waals surface area contributed by atoms with Gasteiger partial charge in [0.1, 0.15) is 13.2 Å². The van der Waals surface area contributed by atoms with Gasteiger partial charge < -0.3 is 14.2 Å². The second-order valence-electron chi connectivity index (χ2n) is 20.2. The van der Waals surface area contributed by atoms with E-state index < -0.39 is 6.10 Å². The number of carbonyl (C=O) groups excluding carboxylic acids is 3. The fourth-order valence-corrected chi connectivity index (χ4v) is 8.78. The van der Waals surface area contributed by atoms with E-state index in [4.69, 9.17) is 14.2 Å². The highest BCUT2D eigenvalue weighted by atomic mass is 16.6. The normalized spacial score (nSPS) is 12.2. The van der Waals surface area contributed by atoms with Crippen LogP contribution in [0.4, 0.5) is 0 Å². The van der Waals surface area contributed by atoms with Gasteiger partial charge >= 0.3 is 17.9 Å². The molecule has 1 atom stereocenters. The molecule has 398 valence electrons. The molecular weight excluding hydrogens is 841 g/mol. The molecule has 6 nitrogen and oxygen atoms in total. The average molecular weight is 956 g/mol. The van der Waals surface area contributed by atoms with Gasteiger partial charge in [0.15, 0.2) is 6.10 Å². The maximum atomic E-state index is 12.8. The molecule has 0 aromatic heterocycles. The number of hydrogen-bond donors (Lipinski definition) is 0. The first-order chi connectivity index (χ1) is 33.5. The van der Waals surface area contributed by atoms with Gasteiger partial charge in [0, 0.05) is 19.3 Å². The number of ether oxygens (including phenoxy) is 3. The molecule has 0 saturated carbocycles. The van der Waals surface area contributed by atoms with Gasteiger partial charge in [0.05, 0.1) is 0 Å². The van der Waals surface area contributed by atoms with E-state index in [2.05, 4.69) is 57.2 Å². The summed E-state index contributed by atoms with van der Waals surface area (Å²) in [5.41, 5.74) is 0. The lowest BCUT2D eigenvalue weighted by Crippen LogP contribution is -2.30. The highest BCUT2D eigenvalue weighted by Gasteiger charge is 2.19. The summed E-state index contributed by atoms with van der Waals surface area (Å²) < 4.78 is 16.8. The molecule has 0 aromatic rings. The molecule has 0 radical (unpaired) electrons. The molecule has 0 rings (SSSR count). The van der Waals surface area contributed by atoms with Crippen molar-refractivity contribution in [1.29, 1.82) is 0 Å². The van der Waals surface area contributed by atoms with Crippen molar-refractivity contribution in [1.82, 2.24) is 0 Å². The molecule has 0 spiro atoms. The first-order valence-electron chi connectivity index (χ1n) is 30.0. The molecule has 0 aliphatic carbocycles. The molecule has 0 fully saturated rings. The molecule has 68 heavy (non-hydrogen) atoms. The topological polar surface area (TPSA) is 78.9 Å². The van der Waals surface area contributed by atoms with Crippen LogP contribution < -0.4 is 0 Å². The van der Waals surface area contributed by atoms with Crippen LogP contribution in [-0.4, -0.2) is 37.2 Å². The Kier molecular flexibility index (Phi) is 55.2. The van der Waals surface area contributed by atoms with Crippen LogP contribution in [0.3, 0.4) is 0 Å². The maximum absolute atomic E-state index is 12.8. The molecule has 0 bridgehead atoms. The quantitative estimate of drug-likeness (QED) is 0.0262. The summed E-state index contributed by atoms with van der Waals surface area (Å²) >= 11 is 0. The zero-order chi connectivity index (χ0) is 49.3. The summed E-state index contributed by atoms with van der Waals surface area (Å²) in [6, 6.07) is 0. The summed E-state index contributed by atoms with van der Waals surface area (Å²) in [5.74, 6) is -0.879. The van der Waals surface area contributed by atoms with Gasteiger partial charge in [-0.3, -0.25) is 14.4 Å². The SMILES string of the molecule is CCCCC/C=C\CCCCCCCC(=O)OCC(COC(=O)CCCCCCCCCCCCCCC/C=C\CCCCCCCCCC)OC(=O)CCCCCCC/C=C\CCCCCC. The Labute approximate surface area is 423 Å². The lowest BCUT2D eigenvalue weighted by molar-refractivity contribution is -0.167. The van der Waals surface area contributed by atoms with Crippen molar-refractivity contribution in [2.45, 2.75) is 329 Å². The maximum Gasteiger partial charge on any atom is 0.306 e. The van der Waals surface area contributed by atoms with Crippen molar-refractivity contribution in [2.75, 3.05) is 13.2 Å². The highest BCUT2D eigenvalue weighted by Crippen LogP contribution is 2.16. The van der Waals surface area contributed by atoms with Crippen molar-refractivity contribution in [3.63, 3.8) is 0 Å². The van der Waals surface area contributed by atoms with E-state index in [-0.39, 0.29) is 31.1 Å². The monoisotopic (exact) mass is 955 g/mol. The third-order valence-corrected chi connectivity index (χ3v) is 13.3. The largest absolute Gasteiger partial charge is 0.462 e. The molecule has 0 saturated heterocycles. The summed E-state index contributed by atoms with van der Waals surface area (Å²) in [4.78, 5) is 38.1. The minimum absolute atomic E-state index is 0.0756. The lowest BCUT2D eigenvalue weighted by atomic mass is 10.0. The molecule has 0 aromatic carbocycles. The van der Waals surface area contributed by atoms with E-state index in [1.165, 1.54) is 212 Å². The minimum Gasteiger partial charge on any atom is -0.462 e. The fraction of sp³-hybridized carbons (Fsp3) is 0.855. The van der Waals surface area contributed by atoms with E-state index in [0.29, 0.717) is 19.3 Å². The van der Waals surface area contributed by atoms with Gasteiger partial charge in [-0.25, -0.2) is 0 Å². The average Bonchev–Trinajstić information content (AvgIpc) is 3.34. The lowest BCUT2D eigenvalue weighted by Gasteiger charge is -2.18. The Morgan fingerprint density at radius 1 is 0.279 bits per heavy atom. The summed E-state index contributed by atoms with van der Waals surface area (Å²) in [7, 11) is 0. The van der Waals surface area contributed by atoms with Gasteiger partial charge in [0.2, 0.25) is 0 Å². The van der Waals surface area contributed by atoms with Crippen LogP contribution in [0.2, 0.25) is 0 Å². The van der Waals surface area contributed by atoms with Crippen LogP contribution in [-0.2, 0) is 28.6 Å². The predicted molar refractivity (Wildman–Crippen MR) is 293 cm³/mol. The molecule has 0 aliphatic rings. The van der Waals surface area contributed by atoms with Crippen molar-refractivity contribution in [3.05, 3.63) is 36.5 Å². The van der Waals surface area contributed by atoms with Gasteiger partial charge in [-0.1, -0.05) is 243 Å². The first kappa shape index (κ1) is 65.6. The molecule has 6 heteroatoms. The second kappa shape index (κ2) is 57.2. The highest BCUT2D eigenvalue weighted by molar-refractivity contribution is 5.71. The Balaban J connectivity index is 4.20. The zero-order valence-corrected chi connectivity index (χ0v) is 45.6. The Morgan fingerprint density at radius 3 is 0.779 bits per heavy atom. The predicted octanol–water partition coefficient (Wildman–Crippen LogP) is 20.0. The number of unbranched alkanes of at least 4 members (excludes halogenated alkanes) is 38. The Hall–Kier alpha value is -2.37. The number of rotatable bonds is 55. The smallest absolute Gasteiger partial charge is 0.306 e. The van der Waals surface area contributed by atoms with Gasteiger partial charge in [-0.15, -0.1) is 0 Å². The Bertz CT molecular complexity index is 1140. The van der Waals surface area contributed by atoms with Gasteiger partial charge in [0.25, 0.3) is 0 Å². The van der Waals surface area contributed by atoms with Crippen molar-refractivity contribution in [2.24, 2.45) is 0 Å². The van der Waals surface area contributed by atoms with E-state index >= 15 is 0 Å². The number of carbonyl (C=O) groups is 3. The fourth-order valence-electron chi connectivity index (χ4n) is 8.78. The molecule has 0 N–H and O–H groups in total. The molecule has 0 amide bonds. The summed E-state index contributed by atoms with van der Waals surface area (Å²) in [5, 5.41) is 0. The zero-order valence-electron chi connectivity index (χ0n) is 45.6. The second-order valence-corrected chi connectivity index (χ2v) is 20.2. The minimum atomic E-state index is -0.777. The molecule has 0 heterocycles. The van der Waals surface area contributed by atoms with Crippen LogP contribution in [0.25, 0.3) is 0 Å². The van der Waals surface area contributed by atoms with Crippen LogP contribution in [0.1, 0.15) is 323 Å². The van der Waals surface area contributed by atoms with E-state index in [1.54, 1.807) is 0 Å². The van der Waals surface area contributed by atoms with Gasteiger partial charge in [-0.2, -0.15) is 0 Å². The van der Waals surface area contributed by atoms with Gasteiger partial charge in [-0.05, 0) is 96.3 Å². The third-order valence-electron chi connectivity index (χ3n) is 13.3. The van der Waals surface area contributed by atoms with Crippen LogP contribution >= 0.6 is 0 Å². The van der Waals surface area contributed by atoms with Crippen LogP contribution in [0.5, 0.6) is 0 Å². The van der Waals surface area contributed by atoms with Crippen LogP contribution in [0, 0.1) is 0 Å². The van der Waals surface area contributed by atoms with E-state index in [1.807, 2.05) is 0 Å². The molecular formula is C62H114O6. The molecule has 0 aliphatic heterocycles. The van der Waals surface area contributed by atoms with Crippen molar-refractivity contribution >= 4 is 17.9 Å². The molecule has 1 unspecified atom stereocenters. The summed E-state index contributed by atoms with van der Waals surface area (Å²) in [6.45, 7) is 6.62. The standard InChI is InChI=1S/C62H114O6/c1-4-7-10-13-16-19-22-25-26-27-28-29-30-31-32-33-34-35-36-38-40-43-46-49-52-55-61(64)67-58-59(57-66-60(63)54-51-48-45-42-39-24-21-18-15-12-9-6-3)68-62(65)56-53-50-47-44-41-37-23-20-17-14-11-8-5-2/h18,20-21,23,27-28,59H,4-17,19,22,24-26,29-58H2,1-3H3/b21-18-,23-20-,28-27-. The number of hydrogen-bond acceptors (Lipinski definition) is 6. The van der Waals surface area contributed by atoms with Crippen molar-refractivity contribution in [3.8, 4) is 0 Å². The summed E-state index contributed by atoms with van der Waals surface area (Å²) in [6.07, 6.45) is 68.7. The van der Waals surface area contributed by atoms with Crippen molar-refractivity contribution < 1.29 is 28.6 Å². The number of allylic oxidation sites excluding steroid dienone is 6. The van der Waals surface area contributed by atoms with E-state index in [9.17, 15) is 14.4 Å². The first-order valence-corrected chi connectivity index (χ1v) is 30.0. The number of esters is 3. The third kappa shape index (κ3) is 54.6. The Morgan fingerprint density at radius 2 is 0.485 bits per heavy atom.